The van der Waals surface area contributed by atoms with E-state index in [4.69, 9.17) is 11.6 Å². The first-order valence-electron chi connectivity index (χ1n) is 4.60. The molecule has 5 heteroatoms. The van der Waals surface area contributed by atoms with E-state index in [1.807, 2.05) is 20.8 Å². The van der Waals surface area contributed by atoms with E-state index in [0.29, 0.717) is 10.8 Å². The van der Waals surface area contributed by atoms with Gasteiger partial charge < -0.3 is 0 Å². The zero-order valence-corrected chi connectivity index (χ0v) is 9.51. The average Bonchev–Trinajstić information content (AvgIpc) is 2.45. The first-order valence-corrected chi connectivity index (χ1v) is 4.97. The van der Waals surface area contributed by atoms with Crippen molar-refractivity contribution in [3.05, 3.63) is 28.9 Å². The van der Waals surface area contributed by atoms with E-state index in [9.17, 15) is 4.39 Å². The first kappa shape index (κ1) is 10.4. The Morgan fingerprint density at radius 3 is 2.60 bits per heavy atom. The Labute approximate surface area is 91.9 Å². The molecule has 0 fully saturated rings. The standard InChI is InChI=1S/C10H11ClFN3/c1-10(2,3)9-14-13-8-7(12)4-6(11)5-15(8)9/h4-5H,1-3H3. The van der Waals surface area contributed by atoms with Gasteiger partial charge in [-0.05, 0) is 6.07 Å². The van der Waals surface area contributed by atoms with Crippen LogP contribution in [0.25, 0.3) is 5.65 Å². The molecule has 2 heterocycles. The van der Waals surface area contributed by atoms with E-state index >= 15 is 0 Å². The van der Waals surface area contributed by atoms with Crippen molar-refractivity contribution in [2.45, 2.75) is 26.2 Å². The van der Waals surface area contributed by atoms with Gasteiger partial charge in [-0.15, -0.1) is 10.2 Å². The van der Waals surface area contributed by atoms with Crippen molar-refractivity contribution in [3.63, 3.8) is 0 Å². The van der Waals surface area contributed by atoms with Gasteiger partial charge in [0.15, 0.2) is 11.5 Å². The third-order valence-electron chi connectivity index (χ3n) is 2.10. The summed E-state index contributed by atoms with van der Waals surface area (Å²) in [5.41, 5.74) is 0.0145. The molecule has 0 radical (unpaired) electrons. The van der Waals surface area contributed by atoms with Crippen LogP contribution in [-0.2, 0) is 5.41 Å². The van der Waals surface area contributed by atoms with Crippen LogP contribution in [0.1, 0.15) is 26.6 Å². The van der Waals surface area contributed by atoms with Gasteiger partial charge in [0.25, 0.3) is 0 Å². The minimum Gasteiger partial charge on any atom is -0.282 e. The lowest BCUT2D eigenvalue weighted by molar-refractivity contribution is 0.537. The second-order valence-electron chi connectivity index (χ2n) is 4.47. The van der Waals surface area contributed by atoms with E-state index in [0.717, 1.165) is 0 Å². The molecule has 0 saturated heterocycles. The summed E-state index contributed by atoms with van der Waals surface area (Å²) in [5.74, 6) is 0.240. The molecule has 3 nitrogen and oxygen atoms in total. The van der Waals surface area contributed by atoms with Crippen LogP contribution in [0.4, 0.5) is 4.39 Å². The number of nitrogens with zero attached hydrogens (tertiary/aromatic N) is 3. The maximum absolute atomic E-state index is 13.4. The Hall–Kier alpha value is -1.16. The lowest BCUT2D eigenvalue weighted by atomic mass is 9.96. The van der Waals surface area contributed by atoms with Gasteiger partial charge in [-0.1, -0.05) is 32.4 Å². The number of halogens is 2. The molecule has 0 saturated carbocycles. The van der Waals surface area contributed by atoms with E-state index in [-0.39, 0.29) is 11.1 Å². The van der Waals surface area contributed by atoms with Gasteiger partial charge in [0, 0.05) is 11.6 Å². The van der Waals surface area contributed by atoms with Crippen LogP contribution in [0.2, 0.25) is 5.02 Å². The topological polar surface area (TPSA) is 30.2 Å². The van der Waals surface area contributed by atoms with Crippen LogP contribution in [-0.4, -0.2) is 14.6 Å². The second kappa shape index (κ2) is 3.17. The number of hydrogen-bond acceptors (Lipinski definition) is 2. The number of hydrogen-bond donors (Lipinski definition) is 0. The van der Waals surface area contributed by atoms with Crippen LogP contribution in [0.5, 0.6) is 0 Å². The summed E-state index contributed by atoms with van der Waals surface area (Å²) >= 11 is 5.79. The molecule has 0 aliphatic carbocycles. The zero-order valence-electron chi connectivity index (χ0n) is 8.75. The maximum Gasteiger partial charge on any atom is 0.197 e. The van der Waals surface area contributed by atoms with Crippen molar-refractivity contribution in [2.24, 2.45) is 0 Å². The molecule has 0 bridgehead atoms. The van der Waals surface area contributed by atoms with E-state index in [2.05, 4.69) is 10.2 Å². The molecule has 2 aromatic rings. The summed E-state index contributed by atoms with van der Waals surface area (Å²) in [6.45, 7) is 5.97. The van der Waals surface area contributed by atoms with Crippen LogP contribution in [0, 0.1) is 5.82 Å². The molecule has 80 valence electrons. The number of aromatic nitrogens is 3. The number of pyridine rings is 1. The van der Waals surface area contributed by atoms with Gasteiger partial charge >= 0.3 is 0 Å². The molecule has 2 rings (SSSR count). The highest BCUT2D eigenvalue weighted by molar-refractivity contribution is 6.30. The summed E-state index contributed by atoms with van der Waals surface area (Å²) in [5, 5.41) is 8.13. The van der Waals surface area contributed by atoms with Gasteiger partial charge in [0.1, 0.15) is 5.82 Å². The van der Waals surface area contributed by atoms with Gasteiger partial charge in [0.05, 0.1) is 5.02 Å². The van der Waals surface area contributed by atoms with Crippen molar-refractivity contribution in [1.29, 1.82) is 0 Å². The quantitative estimate of drug-likeness (QED) is 0.693. The predicted molar refractivity (Wildman–Crippen MR) is 56.7 cm³/mol. The Morgan fingerprint density at radius 1 is 1.33 bits per heavy atom. The summed E-state index contributed by atoms with van der Waals surface area (Å²) in [6, 6.07) is 1.23. The zero-order chi connectivity index (χ0) is 11.2. The van der Waals surface area contributed by atoms with Gasteiger partial charge in [-0.2, -0.15) is 0 Å². The van der Waals surface area contributed by atoms with Gasteiger partial charge in [0.2, 0.25) is 0 Å². The monoisotopic (exact) mass is 227 g/mol. The van der Waals surface area contributed by atoms with Gasteiger partial charge in [-0.25, -0.2) is 4.39 Å². The molecule has 0 aromatic carbocycles. The molecule has 15 heavy (non-hydrogen) atoms. The van der Waals surface area contributed by atoms with Crippen molar-refractivity contribution in [2.75, 3.05) is 0 Å². The van der Waals surface area contributed by atoms with Crippen LogP contribution in [0.3, 0.4) is 0 Å². The fourth-order valence-electron chi connectivity index (χ4n) is 1.43. The van der Waals surface area contributed by atoms with Crippen molar-refractivity contribution in [1.82, 2.24) is 14.6 Å². The summed E-state index contributed by atoms with van der Waals surface area (Å²) < 4.78 is 15.0. The van der Waals surface area contributed by atoms with Crippen LogP contribution < -0.4 is 0 Å². The Bertz CT molecular complexity index is 513. The molecule has 2 aromatic heterocycles. The van der Waals surface area contributed by atoms with E-state index in [1.54, 1.807) is 10.6 Å². The third kappa shape index (κ3) is 1.69. The summed E-state index contributed by atoms with van der Waals surface area (Å²) in [7, 11) is 0. The maximum atomic E-state index is 13.4. The smallest absolute Gasteiger partial charge is 0.197 e. The Kier molecular flexibility index (Phi) is 2.19. The summed E-state index contributed by atoms with van der Waals surface area (Å²) in [4.78, 5) is 0. The fraction of sp³-hybridized carbons (Fsp3) is 0.400. The molecular formula is C10H11ClFN3. The molecule has 0 aliphatic rings. The fourth-order valence-corrected chi connectivity index (χ4v) is 1.63. The molecule has 0 spiro atoms. The minimum atomic E-state index is -0.453. The predicted octanol–water partition coefficient (Wildman–Crippen LogP) is 2.82. The largest absolute Gasteiger partial charge is 0.282 e. The van der Waals surface area contributed by atoms with E-state index < -0.39 is 5.82 Å². The number of rotatable bonds is 0. The lowest BCUT2D eigenvalue weighted by Gasteiger charge is -2.15. The highest BCUT2D eigenvalue weighted by Gasteiger charge is 2.22. The average molecular weight is 228 g/mol. The van der Waals surface area contributed by atoms with E-state index in [1.165, 1.54) is 6.07 Å². The third-order valence-corrected chi connectivity index (χ3v) is 2.30. The highest BCUT2D eigenvalue weighted by atomic mass is 35.5. The van der Waals surface area contributed by atoms with Gasteiger partial charge in [-0.3, -0.25) is 4.40 Å². The van der Waals surface area contributed by atoms with Crippen LogP contribution in [0.15, 0.2) is 12.3 Å². The van der Waals surface area contributed by atoms with Crippen molar-refractivity contribution >= 4 is 17.2 Å². The second-order valence-corrected chi connectivity index (χ2v) is 4.91. The Balaban J connectivity index is 2.80. The SMILES string of the molecule is CC(C)(C)c1nnc2c(F)cc(Cl)cn12. The molecule has 0 aliphatic heterocycles. The molecule has 0 amide bonds. The molecule has 0 unspecified atom stereocenters. The molecule has 0 N–H and O–H groups in total. The van der Waals surface area contributed by atoms with Crippen molar-refractivity contribution in [3.8, 4) is 0 Å². The minimum absolute atomic E-state index is 0.198. The Morgan fingerprint density at radius 2 is 2.00 bits per heavy atom. The summed E-state index contributed by atoms with van der Waals surface area (Å²) in [6.07, 6.45) is 1.63. The van der Waals surface area contributed by atoms with Crippen molar-refractivity contribution < 1.29 is 4.39 Å². The lowest BCUT2D eigenvalue weighted by Crippen LogP contribution is -2.16. The number of fused-ring (bicyclic) bond motifs is 1. The first-order chi connectivity index (χ1) is 6.89. The molecular weight excluding hydrogens is 217 g/mol. The normalized spacial score (nSPS) is 12.3. The van der Waals surface area contributed by atoms with Crippen LogP contribution >= 0.6 is 11.6 Å². The highest BCUT2D eigenvalue weighted by Crippen LogP contribution is 2.23. The molecule has 0 atom stereocenters.